The van der Waals surface area contributed by atoms with Gasteiger partial charge in [0, 0.05) is 44.1 Å². The maximum Gasteiger partial charge on any atom is 0.139 e. The summed E-state index contributed by atoms with van der Waals surface area (Å²) in [6, 6.07) is 52.4. The van der Waals surface area contributed by atoms with E-state index in [0.29, 0.717) is 0 Å². The highest BCUT2D eigenvalue weighted by Crippen LogP contribution is 2.57. The molecule has 0 radical (unpaired) electrons. The highest BCUT2D eigenvalue weighted by Gasteiger charge is 2.40. The van der Waals surface area contributed by atoms with Crippen LogP contribution in [0.1, 0.15) is 103 Å². The fourth-order valence-corrected chi connectivity index (χ4v) is 10.0. The van der Waals surface area contributed by atoms with Crippen molar-refractivity contribution in [1.29, 1.82) is 0 Å². The number of benzene rings is 7. The third-order valence-corrected chi connectivity index (χ3v) is 13.3. The Bertz CT molecular complexity index is 2940. The van der Waals surface area contributed by atoms with Gasteiger partial charge in [-0.15, -0.1) is 0 Å². The van der Waals surface area contributed by atoms with E-state index in [4.69, 9.17) is 4.42 Å². The minimum absolute atomic E-state index is 0.00136. The number of anilines is 3. The second-order valence-corrected chi connectivity index (χ2v) is 19.9. The van der Waals surface area contributed by atoms with E-state index in [2.05, 4.69) is 214 Å². The molecule has 0 aliphatic heterocycles. The molecule has 58 heavy (non-hydrogen) atoms. The predicted octanol–water partition coefficient (Wildman–Crippen LogP) is 15.9. The molecule has 0 saturated heterocycles. The average Bonchev–Trinajstić information content (AvgIpc) is 3.76. The highest BCUT2D eigenvalue weighted by molar-refractivity contribution is 6.10. The van der Waals surface area contributed by atoms with Gasteiger partial charge in [0.05, 0.1) is 5.69 Å². The van der Waals surface area contributed by atoms with Crippen molar-refractivity contribution in [2.24, 2.45) is 0 Å². The summed E-state index contributed by atoms with van der Waals surface area (Å²) in [5.74, 6) is 0. The van der Waals surface area contributed by atoms with Crippen molar-refractivity contribution in [1.82, 2.24) is 0 Å². The molecule has 2 aliphatic carbocycles. The van der Waals surface area contributed by atoms with Gasteiger partial charge in [-0.25, -0.2) is 0 Å². The maximum absolute atomic E-state index is 6.94. The average molecular weight is 756 g/mol. The van der Waals surface area contributed by atoms with Gasteiger partial charge in [0.15, 0.2) is 0 Å². The Morgan fingerprint density at radius 1 is 0.466 bits per heavy atom. The van der Waals surface area contributed by atoms with Gasteiger partial charge in [0.1, 0.15) is 11.2 Å². The summed E-state index contributed by atoms with van der Waals surface area (Å²) in [7, 11) is 0. The number of hydrogen-bond acceptors (Lipinski definition) is 2. The summed E-state index contributed by atoms with van der Waals surface area (Å²) in [6.07, 6.45) is 0. The van der Waals surface area contributed by atoms with Crippen molar-refractivity contribution in [2.75, 3.05) is 4.90 Å². The van der Waals surface area contributed by atoms with Crippen LogP contribution in [0.4, 0.5) is 17.1 Å². The van der Waals surface area contributed by atoms with Crippen molar-refractivity contribution < 1.29 is 4.42 Å². The van der Waals surface area contributed by atoms with Crippen LogP contribution in [-0.4, -0.2) is 0 Å². The fraction of sp³-hybridized carbons (Fsp3) is 0.250. The molecule has 10 rings (SSSR count). The third kappa shape index (κ3) is 5.37. The summed E-state index contributed by atoms with van der Waals surface area (Å²) in [6.45, 7) is 23.3. The minimum Gasteiger partial charge on any atom is -0.456 e. The quantitative estimate of drug-likeness (QED) is 0.178. The third-order valence-electron chi connectivity index (χ3n) is 13.3. The monoisotopic (exact) mass is 755 g/mol. The van der Waals surface area contributed by atoms with Gasteiger partial charge >= 0.3 is 0 Å². The largest absolute Gasteiger partial charge is 0.456 e. The summed E-state index contributed by atoms with van der Waals surface area (Å²) < 4.78 is 6.94. The molecule has 2 heteroatoms. The Morgan fingerprint density at radius 2 is 1.09 bits per heavy atom. The van der Waals surface area contributed by atoms with E-state index in [1.807, 2.05) is 0 Å². The molecule has 0 atom stereocenters. The summed E-state index contributed by atoms with van der Waals surface area (Å²) >= 11 is 0. The van der Waals surface area contributed by atoms with Gasteiger partial charge < -0.3 is 9.32 Å². The topological polar surface area (TPSA) is 16.4 Å². The maximum atomic E-state index is 6.94. The number of hydrogen-bond donors (Lipinski definition) is 0. The summed E-state index contributed by atoms with van der Waals surface area (Å²) in [5.41, 5.74) is 20.7. The number of fused-ring (bicyclic) bond motifs is 9. The van der Waals surface area contributed by atoms with Crippen molar-refractivity contribution >= 4 is 39.0 Å². The van der Waals surface area contributed by atoms with E-state index in [1.54, 1.807) is 0 Å². The first-order valence-corrected chi connectivity index (χ1v) is 20.9. The number of furan rings is 1. The smallest absolute Gasteiger partial charge is 0.139 e. The highest BCUT2D eigenvalue weighted by atomic mass is 16.3. The summed E-state index contributed by atoms with van der Waals surface area (Å²) in [5, 5.41) is 2.38. The first-order valence-electron chi connectivity index (χ1n) is 20.9. The molecule has 0 amide bonds. The SMILES string of the molecule is CC(C)(C)c1cc(C(C)(C)C)c2oc3cc4c(cc3c2c1)-c1c(N(c2ccc(-c3ccccc3)cc2)c2ccc3c(c2)C(C)(C)c2ccccc2-3)cccc1C4(C)C. The molecular formula is C56H53NO. The normalized spacial score (nSPS) is 15.0. The Hall–Kier alpha value is -5.86. The molecule has 8 aromatic rings. The molecule has 0 N–H and O–H groups in total. The van der Waals surface area contributed by atoms with Crippen LogP contribution in [0, 0.1) is 0 Å². The number of rotatable bonds is 4. The fourth-order valence-electron chi connectivity index (χ4n) is 10.0. The molecule has 0 unspecified atom stereocenters. The van der Waals surface area contributed by atoms with Gasteiger partial charge in [-0.2, -0.15) is 0 Å². The minimum atomic E-state index is -0.234. The Morgan fingerprint density at radius 3 is 1.81 bits per heavy atom. The van der Waals surface area contributed by atoms with Gasteiger partial charge in [0.25, 0.3) is 0 Å². The zero-order chi connectivity index (χ0) is 40.5. The van der Waals surface area contributed by atoms with Crippen LogP contribution in [0.3, 0.4) is 0 Å². The van der Waals surface area contributed by atoms with E-state index in [1.165, 1.54) is 83.2 Å². The molecular weight excluding hydrogens is 703 g/mol. The van der Waals surface area contributed by atoms with E-state index in [9.17, 15) is 0 Å². The lowest BCUT2D eigenvalue weighted by Crippen LogP contribution is -2.17. The van der Waals surface area contributed by atoms with Crippen LogP contribution in [0.5, 0.6) is 0 Å². The van der Waals surface area contributed by atoms with E-state index >= 15 is 0 Å². The van der Waals surface area contributed by atoms with E-state index in [-0.39, 0.29) is 21.7 Å². The van der Waals surface area contributed by atoms with E-state index < -0.39 is 0 Å². The van der Waals surface area contributed by atoms with Crippen LogP contribution >= 0.6 is 0 Å². The molecule has 2 nitrogen and oxygen atoms in total. The predicted molar refractivity (Wildman–Crippen MR) is 246 cm³/mol. The molecule has 0 saturated carbocycles. The van der Waals surface area contributed by atoms with Crippen molar-refractivity contribution in [2.45, 2.75) is 90.9 Å². The van der Waals surface area contributed by atoms with Crippen LogP contribution in [0.15, 0.2) is 144 Å². The molecule has 1 aromatic heterocycles. The van der Waals surface area contributed by atoms with Gasteiger partial charge in [-0.1, -0.05) is 160 Å². The molecule has 2 aliphatic rings. The van der Waals surface area contributed by atoms with Gasteiger partial charge in [-0.3, -0.25) is 0 Å². The molecule has 7 aromatic carbocycles. The molecule has 288 valence electrons. The van der Waals surface area contributed by atoms with Crippen molar-refractivity contribution in [3.8, 4) is 33.4 Å². The lowest BCUT2D eigenvalue weighted by molar-refractivity contribution is 0.559. The summed E-state index contributed by atoms with van der Waals surface area (Å²) in [4.78, 5) is 2.51. The second-order valence-electron chi connectivity index (χ2n) is 19.9. The Labute approximate surface area is 344 Å². The lowest BCUT2D eigenvalue weighted by atomic mass is 9.79. The van der Waals surface area contributed by atoms with Crippen LogP contribution in [0.2, 0.25) is 0 Å². The molecule has 0 fully saturated rings. The Kier molecular flexibility index (Phi) is 7.75. The van der Waals surface area contributed by atoms with E-state index in [0.717, 1.165) is 22.5 Å². The number of nitrogens with zero attached hydrogens (tertiary/aromatic N) is 1. The molecule has 1 heterocycles. The molecule has 0 bridgehead atoms. The van der Waals surface area contributed by atoms with Crippen LogP contribution in [0.25, 0.3) is 55.3 Å². The van der Waals surface area contributed by atoms with Crippen molar-refractivity contribution in [3.05, 3.63) is 173 Å². The van der Waals surface area contributed by atoms with Crippen LogP contribution in [-0.2, 0) is 21.7 Å². The zero-order valence-electron chi connectivity index (χ0n) is 35.6. The standard InChI is InChI=1S/C56H53NO/c1-53(2,3)36-29-42-41-32-43-47(33-50(41)58-52(42)48(30-36)54(4,5)6)56(9,10)45-21-16-22-49(51(43)45)57(37-25-23-35(24-26-37)34-17-12-11-13-18-34)38-27-28-40-39-19-14-15-20-44(39)55(7,8)46(40)31-38/h11-33H,1-10H3. The van der Waals surface area contributed by atoms with Gasteiger partial charge in [-0.05, 0) is 115 Å². The van der Waals surface area contributed by atoms with Gasteiger partial charge in [0.2, 0.25) is 0 Å². The van der Waals surface area contributed by atoms with Crippen molar-refractivity contribution in [3.63, 3.8) is 0 Å². The Balaban J connectivity index is 1.22. The van der Waals surface area contributed by atoms with Crippen LogP contribution < -0.4 is 4.90 Å². The first kappa shape index (κ1) is 36.5. The first-order chi connectivity index (χ1) is 27.5. The lowest BCUT2D eigenvalue weighted by Gasteiger charge is -2.30. The second kappa shape index (κ2) is 12.3. The molecule has 0 spiro atoms. The zero-order valence-corrected chi connectivity index (χ0v) is 35.6.